The van der Waals surface area contributed by atoms with Crippen molar-refractivity contribution in [2.24, 2.45) is 0 Å². The number of carboxylic acid groups (broad SMARTS) is 1. The molecule has 0 unspecified atom stereocenters. The summed E-state index contributed by atoms with van der Waals surface area (Å²) in [4.78, 5) is 26.4. The van der Waals surface area contributed by atoms with E-state index in [1.54, 1.807) is 0 Å². The number of hydrogen-bond donors (Lipinski definition) is 1. The number of carbonyl (C=O) groups is 1. The van der Waals surface area contributed by atoms with Gasteiger partial charge in [-0.25, -0.2) is 9.78 Å². The zero-order chi connectivity index (χ0) is 12.4. The van der Waals surface area contributed by atoms with Gasteiger partial charge in [-0.3, -0.25) is 9.36 Å². The Morgan fingerprint density at radius 1 is 1.59 bits per heavy atom. The van der Waals surface area contributed by atoms with E-state index >= 15 is 0 Å². The number of rotatable bonds is 3. The van der Waals surface area contributed by atoms with E-state index in [-0.39, 0.29) is 17.9 Å². The van der Waals surface area contributed by atoms with Gasteiger partial charge in [0.2, 0.25) is 5.76 Å². The van der Waals surface area contributed by atoms with Gasteiger partial charge in [0.05, 0.1) is 22.7 Å². The molecule has 0 aliphatic heterocycles. The van der Waals surface area contributed by atoms with Crippen LogP contribution in [0.1, 0.15) is 16.1 Å². The highest BCUT2D eigenvalue weighted by Crippen LogP contribution is 2.11. The molecule has 0 bridgehead atoms. The number of nitrogens with zero attached hydrogens (tertiary/aromatic N) is 2. The molecular formula is C10H7IN2O4. The van der Waals surface area contributed by atoms with Crippen LogP contribution in [0, 0.1) is 3.57 Å². The number of hydrogen-bond acceptors (Lipinski definition) is 4. The largest absolute Gasteiger partial charge is 0.475 e. The van der Waals surface area contributed by atoms with Crippen molar-refractivity contribution in [3.63, 3.8) is 0 Å². The monoisotopic (exact) mass is 346 g/mol. The third-order valence-corrected chi connectivity index (χ3v) is 2.88. The first-order valence-corrected chi connectivity index (χ1v) is 5.67. The molecule has 0 aromatic carbocycles. The van der Waals surface area contributed by atoms with Crippen molar-refractivity contribution < 1.29 is 14.3 Å². The van der Waals surface area contributed by atoms with Crippen LogP contribution in [-0.2, 0) is 6.54 Å². The molecule has 0 aliphatic carbocycles. The fourth-order valence-corrected chi connectivity index (χ4v) is 1.84. The van der Waals surface area contributed by atoms with Gasteiger partial charge in [-0.1, -0.05) is 0 Å². The lowest BCUT2D eigenvalue weighted by molar-refractivity contribution is 0.0660. The van der Waals surface area contributed by atoms with Gasteiger partial charge >= 0.3 is 5.97 Å². The minimum atomic E-state index is -1.16. The van der Waals surface area contributed by atoms with Crippen LogP contribution in [0.3, 0.4) is 0 Å². The first kappa shape index (κ1) is 11.8. The molecule has 0 radical (unpaired) electrons. The summed E-state index contributed by atoms with van der Waals surface area (Å²) in [5, 5.41) is 8.86. The number of furan rings is 1. The maximum atomic E-state index is 11.7. The summed E-state index contributed by atoms with van der Waals surface area (Å²) in [6, 6.07) is 1.52. The second kappa shape index (κ2) is 4.70. The summed E-state index contributed by atoms with van der Waals surface area (Å²) in [6.45, 7) is 0.126. The summed E-state index contributed by atoms with van der Waals surface area (Å²) in [5.74, 6) is -1.31. The lowest BCUT2D eigenvalue weighted by Gasteiger charge is -2.03. The average molecular weight is 346 g/mol. The van der Waals surface area contributed by atoms with Crippen LogP contribution < -0.4 is 5.56 Å². The molecule has 0 aliphatic rings. The normalized spacial score (nSPS) is 10.4. The maximum absolute atomic E-state index is 11.7. The van der Waals surface area contributed by atoms with Crippen LogP contribution >= 0.6 is 22.6 Å². The van der Waals surface area contributed by atoms with Crippen LogP contribution in [0.2, 0.25) is 0 Å². The maximum Gasteiger partial charge on any atom is 0.372 e. The predicted octanol–water partition coefficient (Wildman–Crippen LogP) is 1.19. The molecule has 1 N–H and O–H groups in total. The highest BCUT2D eigenvalue weighted by atomic mass is 127. The molecule has 17 heavy (non-hydrogen) atoms. The number of aromatic nitrogens is 2. The van der Waals surface area contributed by atoms with E-state index in [9.17, 15) is 9.59 Å². The lowest BCUT2D eigenvalue weighted by Crippen LogP contribution is -2.23. The van der Waals surface area contributed by atoms with E-state index in [0.717, 1.165) is 0 Å². The Morgan fingerprint density at radius 3 is 3.06 bits per heavy atom. The van der Waals surface area contributed by atoms with Crippen LogP contribution in [0.4, 0.5) is 0 Å². The van der Waals surface area contributed by atoms with Crippen LogP contribution in [-0.4, -0.2) is 20.6 Å². The molecule has 2 aromatic rings. The Kier molecular flexibility index (Phi) is 3.27. The minimum absolute atomic E-state index is 0.126. The Labute approximate surface area is 109 Å². The molecule has 6 nitrogen and oxygen atoms in total. The molecule has 2 rings (SSSR count). The topological polar surface area (TPSA) is 85.3 Å². The van der Waals surface area contributed by atoms with Gasteiger partial charge in [0.25, 0.3) is 5.56 Å². The molecule has 0 atom stereocenters. The third kappa shape index (κ3) is 2.38. The summed E-state index contributed by atoms with van der Waals surface area (Å²) in [5.41, 5.74) is 0.224. The molecule has 0 saturated carbocycles. The van der Waals surface area contributed by atoms with Gasteiger partial charge in [0, 0.05) is 11.8 Å². The summed E-state index contributed by atoms with van der Waals surface area (Å²) in [6.07, 6.45) is 4.10. The van der Waals surface area contributed by atoms with Crippen LogP contribution in [0.25, 0.3) is 0 Å². The number of carboxylic acids is 1. The fraction of sp³-hybridized carbons (Fsp3) is 0.100. The second-order valence-electron chi connectivity index (χ2n) is 3.25. The highest BCUT2D eigenvalue weighted by molar-refractivity contribution is 14.1. The molecule has 88 valence electrons. The van der Waals surface area contributed by atoms with Crippen molar-refractivity contribution in [2.75, 3.05) is 0 Å². The summed E-state index contributed by atoms with van der Waals surface area (Å²) < 4.78 is 6.64. The molecule has 0 saturated heterocycles. The van der Waals surface area contributed by atoms with Gasteiger partial charge in [0.1, 0.15) is 0 Å². The van der Waals surface area contributed by atoms with Crippen molar-refractivity contribution in [1.82, 2.24) is 9.55 Å². The Balaban J connectivity index is 2.38. The Morgan fingerprint density at radius 2 is 2.35 bits per heavy atom. The van der Waals surface area contributed by atoms with Gasteiger partial charge in [-0.2, -0.15) is 0 Å². The molecule has 2 aromatic heterocycles. The SMILES string of the molecule is O=C(O)c1occc1Cn1cncc(I)c1=O. The zero-order valence-corrected chi connectivity index (χ0v) is 10.6. The quantitative estimate of drug-likeness (QED) is 0.844. The van der Waals surface area contributed by atoms with Crippen molar-refractivity contribution in [3.8, 4) is 0 Å². The van der Waals surface area contributed by atoms with E-state index in [0.29, 0.717) is 9.13 Å². The molecule has 7 heteroatoms. The highest BCUT2D eigenvalue weighted by Gasteiger charge is 2.14. The lowest BCUT2D eigenvalue weighted by atomic mass is 10.2. The summed E-state index contributed by atoms with van der Waals surface area (Å²) >= 11 is 1.88. The van der Waals surface area contributed by atoms with E-state index in [1.807, 2.05) is 22.6 Å². The van der Waals surface area contributed by atoms with Gasteiger partial charge in [-0.05, 0) is 28.7 Å². The Hall–Kier alpha value is -1.64. The smallest absolute Gasteiger partial charge is 0.372 e. The third-order valence-electron chi connectivity index (χ3n) is 2.14. The molecule has 0 spiro atoms. The molecule has 2 heterocycles. The first-order valence-electron chi connectivity index (χ1n) is 4.59. The molecule has 0 amide bonds. The predicted molar refractivity (Wildman–Crippen MR) is 66.0 cm³/mol. The minimum Gasteiger partial charge on any atom is -0.475 e. The van der Waals surface area contributed by atoms with Crippen LogP contribution in [0.5, 0.6) is 0 Å². The fourth-order valence-electron chi connectivity index (χ4n) is 1.37. The van der Waals surface area contributed by atoms with Gasteiger partial charge < -0.3 is 9.52 Å². The number of halogens is 1. The van der Waals surface area contributed by atoms with Crippen molar-refractivity contribution in [3.05, 3.63) is 50.1 Å². The van der Waals surface area contributed by atoms with Crippen LogP contribution in [0.15, 0.2) is 34.1 Å². The molecular weight excluding hydrogens is 339 g/mol. The zero-order valence-electron chi connectivity index (χ0n) is 8.46. The number of aromatic carboxylic acids is 1. The van der Waals surface area contributed by atoms with Crippen molar-refractivity contribution >= 4 is 28.6 Å². The van der Waals surface area contributed by atoms with Crippen molar-refractivity contribution in [2.45, 2.75) is 6.54 Å². The standard InChI is InChI=1S/C10H7IN2O4/c11-7-3-12-5-13(9(7)14)4-6-1-2-17-8(6)10(15)16/h1-3,5H,4H2,(H,15,16). The first-order chi connectivity index (χ1) is 8.09. The van der Waals surface area contributed by atoms with E-state index in [2.05, 4.69) is 4.98 Å². The van der Waals surface area contributed by atoms with Gasteiger partial charge in [-0.15, -0.1) is 0 Å². The second-order valence-corrected chi connectivity index (χ2v) is 4.42. The Bertz CT molecular complexity index is 617. The molecule has 0 fully saturated rings. The van der Waals surface area contributed by atoms with E-state index in [4.69, 9.17) is 9.52 Å². The van der Waals surface area contributed by atoms with Gasteiger partial charge in [0.15, 0.2) is 0 Å². The summed E-state index contributed by atoms with van der Waals surface area (Å²) in [7, 11) is 0. The van der Waals surface area contributed by atoms with Crippen molar-refractivity contribution in [1.29, 1.82) is 0 Å². The van der Waals surface area contributed by atoms with E-state index < -0.39 is 5.97 Å². The average Bonchev–Trinajstić information content (AvgIpc) is 2.73. The van der Waals surface area contributed by atoms with E-state index in [1.165, 1.54) is 29.4 Å².